The predicted molar refractivity (Wildman–Crippen MR) is 102 cm³/mol. The van der Waals surface area contributed by atoms with E-state index in [4.69, 9.17) is 4.74 Å². The Kier molecular flexibility index (Phi) is 8.89. The number of aliphatic imine (C=N–C) groups is 1. The van der Waals surface area contributed by atoms with E-state index >= 15 is 0 Å². The van der Waals surface area contributed by atoms with Crippen molar-refractivity contribution >= 4 is 5.96 Å². The number of piperidine rings is 2. The molecule has 2 heterocycles. The molecule has 0 aromatic rings. The number of unbranched alkanes of at least 4 members (excludes halogenated alkanes) is 1. The maximum Gasteiger partial charge on any atom is 0.193 e. The van der Waals surface area contributed by atoms with Gasteiger partial charge >= 0.3 is 0 Å². The first-order valence-corrected chi connectivity index (χ1v) is 10.1. The summed E-state index contributed by atoms with van der Waals surface area (Å²) in [4.78, 5) is 9.61. The Bertz CT molecular complexity index is 366. The number of nitrogens with zero attached hydrogens (tertiary/aromatic N) is 3. The lowest BCUT2D eigenvalue weighted by atomic mass is 10.0. The van der Waals surface area contributed by atoms with E-state index in [0.717, 1.165) is 45.0 Å². The molecule has 2 saturated heterocycles. The van der Waals surface area contributed by atoms with Crippen LogP contribution in [0.1, 0.15) is 58.8 Å². The standard InChI is InChI=1S/C19H38N4O/c1-4-6-12-22-13-8-7-9-17(22)16-21-19(20-3)23-14-10-18(11-15-23)24-5-2/h17-18H,4-16H2,1-3H3,(H,20,21). The van der Waals surface area contributed by atoms with Gasteiger partial charge in [-0.2, -0.15) is 0 Å². The van der Waals surface area contributed by atoms with Gasteiger partial charge in [-0.1, -0.05) is 19.8 Å². The molecule has 0 radical (unpaired) electrons. The molecule has 0 saturated carbocycles. The molecule has 1 atom stereocenters. The van der Waals surface area contributed by atoms with Crippen LogP contribution in [0.15, 0.2) is 4.99 Å². The first-order chi connectivity index (χ1) is 11.8. The van der Waals surface area contributed by atoms with Crippen LogP contribution in [-0.2, 0) is 4.74 Å². The predicted octanol–water partition coefficient (Wildman–Crippen LogP) is 2.72. The SMILES string of the molecule is CCCCN1CCCCC1CNC(=NC)N1CCC(OCC)CC1. The zero-order valence-corrected chi connectivity index (χ0v) is 16.1. The summed E-state index contributed by atoms with van der Waals surface area (Å²) in [5.41, 5.74) is 0. The first kappa shape index (κ1) is 19.5. The van der Waals surface area contributed by atoms with Crippen molar-refractivity contribution in [2.75, 3.05) is 46.4 Å². The highest BCUT2D eigenvalue weighted by atomic mass is 16.5. The van der Waals surface area contributed by atoms with Crippen LogP contribution in [0.4, 0.5) is 0 Å². The van der Waals surface area contributed by atoms with Crippen molar-refractivity contribution in [2.45, 2.75) is 70.9 Å². The van der Waals surface area contributed by atoms with Gasteiger partial charge in [0.2, 0.25) is 0 Å². The molecule has 0 aliphatic carbocycles. The van der Waals surface area contributed by atoms with Crippen LogP contribution in [0.5, 0.6) is 0 Å². The van der Waals surface area contributed by atoms with Crippen LogP contribution in [0, 0.1) is 0 Å². The summed E-state index contributed by atoms with van der Waals surface area (Å²) in [7, 11) is 1.91. The van der Waals surface area contributed by atoms with Gasteiger partial charge in [0.1, 0.15) is 0 Å². The molecule has 5 heteroatoms. The van der Waals surface area contributed by atoms with E-state index in [2.05, 4.69) is 34.0 Å². The quantitative estimate of drug-likeness (QED) is 0.572. The van der Waals surface area contributed by atoms with Crippen molar-refractivity contribution in [1.82, 2.24) is 15.1 Å². The van der Waals surface area contributed by atoms with E-state index in [0.29, 0.717) is 12.1 Å². The average Bonchev–Trinajstić information content (AvgIpc) is 2.63. The number of rotatable bonds is 7. The minimum atomic E-state index is 0.437. The zero-order chi connectivity index (χ0) is 17.2. The highest BCUT2D eigenvalue weighted by molar-refractivity contribution is 5.80. The minimum Gasteiger partial charge on any atom is -0.378 e. The Labute approximate surface area is 148 Å². The fraction of sp³-hybridized carbons (Fsp3) is 0.947. The molecule has 0 aromatic carbocycles. The van der Waals surface area contributed by atoms with E-state index in [1.807, 2.05) is 7.05 Å². The highest BCUT2D eigenvalue weighted by Gasteiger charge is 2.24. The third kappa shape index (κ3) is 5.92. The van der Waals surface area contributed by atoms with E-state index in [-0.39, 0.29) is 0 Å². The van der Waals surface area contributed by atoms with Gasteiger partial charge in [-0.25, -0.2) is 0 Å². The molecule has 0 spiro atoms. The highest BCUT2D eigenvalue weighted by Crippen LogP contribution is 2.18. The number of ether oxygens (including phenoxy) is 1. The summed E-state index contributed by atoms with van der Waals surface area (Å²) in [5, 5.41) is 3.66. The normalized spacial score (nSPS) is 24.4. The van der Waals surface area contributed by atoms with Gasteiger partial charge in [-0.05, 0) is 52.1 Å². The van der Waals surface area contributed by atoms with Crippen LogP contribution in [-0.4, -0.2) is 74.3 Å². The van der Waals surface area contributed by atoms with E-state index in [9.17, 15) is 0 Å². The van der Waals surface area contributed by atoms with Gasteiger partial charge in [0.05, 0.1) is 6.10 Å². The van der Waals surface area contributed by atoms with Crippen molar-refractivity contribution in [2.24, 2.45) is 4.99 Å². The molecule has 1 N–H and O–H groups in total. The summed E-state index contributed by atoms with van der Waals surface area (Å²) >= 11 is 0. The maximum atomic E-state index is 5.76. The first-order valence-electron chi connectivity index (χ1n) is 10.1. The second-order valence-electron chi connectivity index (χ2n) is 7.11. The van der Waals surface area contributed by atoms with Gasteiger partial charge < -0.3 is 15.0 Å². The fourth-order valence-corrected chi connectivity index (χ4v) is 3.96. The molecule has 2 fully saturated rings. The molecule has 2 rings (SSSR count). The Morgan fingerprint density at radius 2 is 1.92 bits per heavy atom. The summed E-state index contributed by atoms with van der Waals surface area (Å²) < 4.78 is 5.76. The lowest BCUT2D eigenvalue weighted by molar-refractivity contribution is 0.0262. The zero-order valence-electron chi connectivity index (χ0n) is 16.1. The summed E-state index contributed by atoms with van der Waals surface area (Å²) in [6, 6.07) is 0.669. The molecule has 0 aromatic heterocycles. The topological polar surface area (TPSA) is 40.1 Å². The molecule has 0 bridgehead atoms. The number of guanidine groups is 1. The third-order valence-electron chi connectivity index (χ3n) is 5.40. The maximum absolute atomic E-state index is 5.76. The number of hydrogen-bond donors (Lipinski definition) is 1. The smallest absolute Gasteiger partial charge is 0.193 e. The Morgan fingerprint density at radius 3 is 2.58 bits per heavy atom. The fourth-order valence-electron chi connectivity index (χ4n) is 3.96. The lowest BCUT2D eigenvalue weighted by Crippen LogP contribution is -2.52. The van der Waals surface area contributed by atoms with Crippen molar-refractivity contribution in [1.29, 1.82) is 0 Å². The van der Waals surface area contributed by atoms with Crippen LogP contribution in [0.3, 0.4) is 0 Å². The molecular weight excluding hydrogens is 300 g/mol. The van der Waals surface area contributed by atoms with E-state index in [1.165, 1.54) is 45.2 Å². The van der Waals surface area contributed by atoms with Crippen molar-refractivity contribution < 1.29 is 4.74 Å². The number of likely N-dealkylation sites (tertiary alicyclic amines) is 2. The van der Waals surface area contributed by atoms with Crippen LogP contribution >= 0.6 is 0 Å². The number of nitrogens with one attached hydrogen (secondary N) is 1. The van der Waals surface area contributed by atoms with E-state index < -0.39 is 0 Å². The summed E-state index contributed by atoms with van der Waals surface area (Å²) in [5.74, 6) is 1.07. The van der Waals surface area contributed by atoms with Crippen LogP contribution in [0.25, 0.3) is 0 Å². The average molecular weight is 339 g/mol. The minimum absolute atomic E-state index is 0.437. The van der Waals surface area contributed by atoms with E-state index in [1.54, 1.807) is 0 Å². The van der Waals surface area contributed by atoms with Gasteiger partial charge in [0.15, 0.2) is 5.96 Å². The molecule has 5 nitrogen and oxygen atoms in total. The summed E-state index contributed by atoms with van der Waals surface area (Å²) in [6.45, 7) is 10.8. The Hall–Kier alpha value is -0.810. The van der Waals surface area contributed by atoms with Crippen molar-refractivity contribution in [3.63, 3.8) is 0 Å². The monoisotopic (exact) mass is 338 g/mol. The van der Waals surface area contributed by atoms with Gasteiger partial charge in [0.25, 0.3) is 0 Å². The molecule has 2 aliphatic heterocycles. The molecule has 0 amide bonds. The summed E-state index contributed by atoms with van der Waals surface area (Å²) in [6.07, 6.45) is 9.31. The van der Waals surface area contributed by atoms with Crippen molar-refractivity contribution in [3.05, 3.63) is 0 Å². The van der Waals surface area contributed by atoms with Gasteiger partial charge in [-0.3, -0.25) is 9.89 Å². The Morgan fingerprint density at radius 1 is 1.12 bits per heavy atom. The van der Waals surface area contributed by atoms with Crippen LogP contribution < -0.4 is 5.32 Å². The molecule has 1 unspecified atom stereocenters. The molecular formula is C19H38N4O. The van der Waals surface area contributed by atoms with Crippen LogP contribution in [0.2, 0.25) is 0 Å². The lowest BCUT2D eigenvalue weighted by Gasteiger charge is -2.38. The molecule has 24 heavy (non-hydrogen) atoms. The molecule has 2 aliphatic rings. The second kappa shape index (κ2) is 10.9. The second-order valence-corrected chi connectivity index (χ2v) is 7.11. The van der Waals surface area contributed by atoms with Gasteiger partial charge in [-0.15, -0.1) is 0 Å². The molecule has 140 valence electrons. The third-order valence-corrected chi connectivity index (χ3v) is 5.40. The number of hydrogen-bond acceptors (Lipinski definition) is 3. The largest absolute Gasteiger partial charge is 0.378 e. The Balaban J connectivity index is 1.78. The van der Waals surface area contributed by atoms with Gasteiger partial charge in [0, 0.05) is 39.3 Å². The van der Waals surface area contributed by atoms with Crippen molar-refractivity contribution in [3.8, 4) is 0 Å².